The summed E-state index contributed by atoms with van der Waals surface area (Å²) in [6, 6.07) is 0. The van der Waals surface area contributed by atoms with Crippen LogP contribution in [0.1, 0.15) is 226 Å². The smallest absolute Gasteiger partial charge is 0.335 e. The van der Waals surface area contributed by atoms with Crippen LogP contribution in [-0.2, 0) is 42.9 Å². The van der Waals surface area contributed by atoms with Crippen LogP contribution in [0, 0.1) is 0 Å². The molecule has 0 saturated carbocycles. The third kappa shape index (κ3) is 40.6. The molecule has 75 heavy (non-hydrogen) atoms. The first-order valence-electron chi connectivity index (χ1n) is 29.2. The van der Waals surface area contributed by atoms with Gasteiger partial charge in [0.05, 0.1) is 6.61 Å². The van der Waals surface area contributed by atoms with Crippen molar-refractivity contribution in [2.75, 3.05) is 13.2 Å². The van der Waals surface area contributed by atoms with Gasteiger partial charge in [-0.15, -0.1) is 0 Å². The molecule has 0 amide bonds. The first-order chi connectivity index (χ1) is 36.6. The van der Waals surface area contributed by atoms with E-state index in [4.69, 9.17) is 23.7 Å². The zero-order chi connectivity index (χ0) is 54.7. The maximum atomic E-state index is 13.1. The SMILES string of the molecule is CC/C=C\C/C=C\C/C=C\C/C=C\C/C=C\CCCC(=O)OCC(COC1OC(C(=O)O)C(O)C(O)C1OC(=O)CCCCC/C=C\C/C=C\C/C=C\CC)OC(=O)CCCCCCCCCCCCCCCCC. The van der Waals surface area contributed by atoms with Gasteiger partial charge < -0.3 is 39.0 Å². The average Bonchev–Trinajstić information content (AvgIpc) is 3.39. The number of rotatable bonds is 48. The van der Waals surface area contributed by atoms with E-state index in [0.29, 0.717) is 25.7 Å². The van der Waals surface area contributed by atoms with E-state index in [1.54, 1.807) is 0 Å². The molecule has 0 aromatic heterocycles. The van der Waals surface area contributed by atoms with Crippen LogP contribution in [0.15, 0.2) is 97.2 Å². The van der Waals surface area contributed by atoms with Gasteiger partial charge in [0.25, 0.3) is 0 Å². The van der Waals surface area contributed by atoms with Crippen LogP contribution in [0.5, 0.6) is 0 Å². The number of ether oxygens (including phenoxy) is 5. The highest BCUT2D eigenvalue weighted by atomic mass is 16.7. The quantitative estimate of drug-likeness (QED) is 0.0228. The minimum atomic E-state index is -1.92. The Morgan fingerprint density at radius 3 is 1.32 bits per heavy atom. The van der Waals surface area contributed by atoms with Gasteiger partial charge in [0.15, 0.2) is 24.6 Å². The summed E-state index contributed by atoms with van der Waals surface area (Å²) < 4.78 is 28.3. The van der Waals surface area contributed by atoms with E-state index in [9.17, 15) is 34.5 Å². The van der Waals surface area contributed by atoms with Crippen LogP contribution in [0.2, 0.25) is 0 Å². The molecule has 0 spiro atoms. The van der Waals surface area contributed by atoms with Crippen molar-refractivity contribution in [3.05, 3.63) is 97.2 Å². The first-order valence-corrected chi connectivity index (χ1v) is 29.2. The number of hydrogen-bond acceptors (Lipinski definition) is 11. The molecule has 1 rings (SSSR count). The van der Waals surface area contributed by atoms with E-state index in [1.165, 1.54) is 70.6 Å². The molecule has 0 aliphatic carbocycles. The van der Waals surface area contributed by atoms with Gasteiger partial charge in [0.1, 0.15) is 18.8 Å². The Morgan fingerprint density at radius 1 is 0.453 bits per heavy atom. The number of carboxylic acid groups (broad SMARTS) is 1. The van der Waals surface area contributed by atoms with Crippen molar-refractivity contribution < 1.29 is 58.2 Å². The number of aliphatic carboxylic acids is 1. The number of unbranched alkanes of at least 4 members (excludes halogenated alkanes) is 18. The summed E-state index contributed by atoms with van der Waals surface area (Å²) in [5.41, 5.74) is 0. The summed E-state index contributed by atoms with van der Waals surface area (Å²) in [4.78, 5) is 51.1. The summed E-state index contributed by atoms with van der Waals surface area (Å²) in [5.74, 6) is -3.24. The van der Waals surface area contributed by atoms with E-state index >= 15 is 0 Å². The summed E-state index contributed by atoms with van der Waals surface area (Å²) in [5, 5.41) is 31.4. The topological polar surface area (TPSA) is 175 Å². The number of carboxylic acids is 1. The van der Waals surface area contributed by atoms with Gasteiger partial charge >= 0.3 is 23.9 Å². The third-order valence-corrected chi connectivity index (χ3v) is 12.7. The van der Waals surface area contributed by atoms with Crippen molar-refractivity contribution >= 4 is 23.9 Å². The molecule has 12 heteroatoms. The molecular formula is C63H102O12. The second-order valence-corrected chi connectivity index (χ2v) is 19.5. The molecular weight excluding hydrogens is 949 g/mol. The Morgan fingerprint density at radius 2 is 0.853 bits per heavy atom. The normalized spacial score (nSPS) is 18.9. The van der Waals surface area contributed by atoms with E-state index in [2.05, 4.69) is 112 Å². The van der Waals surface area contributed by atoms with Crippen LogP contribution in [0.3, 0.4) is 0 Å². The predicted molar refractivity (Wildman–Crippen MR) is 303 cm³/mol. The summed E-state index contributed by atoms with van der Waals surface area (Å²) in [6.45, 7) is 5.70. The van der Waals surface area contributed by atoms with Gasteiger partial charge in [-0.3, -0.25) is 14.4 Å². The minimum absolute atomic E-state index is 0.0166. The maximum Gasteiger partial charge on any atom is 0.335 e. The second-order valence-electron chi connectivity index (χ2n) is 19.5. The molecule has 426 valence electrons. The number of allylic oxidation sites excluding steroid dienone is 16. The predicted octanol–water partition coefficient (Wildman–Crippen LogP) is 14.9. The first kappa shape index (κ1) is 68.7. The minimum Gasteiger partial charge on any atom is -0.479 e. The lowest BCUT2D eigenvalue weighted by Crippen LogP contribution is -2.61. The molecule has 1 aliphatic rings. The van der Waals surface area contributed by atoms with Crippen LogP contribution >= 0.6 is 0 Å². The van der Waals surface area contributed by atoms with Gasteiger partial charge in [-0.2, -0.15) is 0 Å². The molecule has 6 unspecified atom stereocenters. The Hall–Kier alpha value is -4.36. The maximum absolute atomic E-state index is 13.1. The number of esters is 3. The van der Waals surface area contributed by atoms with Gasteiger partial charge in [-0.25, -0.2) is 4.79 Å². The van der Waals surface area contributed by atoms with Crippen LogP contribution in [0.25, 0.3) is 0 Å². The molecule has 6 atom stereocenters. The number of hydrogen-bond donors (Lipinski definition) is 3. The Labute approximate surface area is 453 Å². The molecule has 1 saturated heterocycles. The van der Waals surface area contributed by atoms with Gasteiger partial charge in [0, 0.05) is 19.3 Å². The van der Waals surface area contributed by atoms with Crippen molar-refractivity contribution in [3.63, 3.8) is 0 Å². The second kappa shape index (κ2) is 50.5. The molecule has 12 nitrogen and oxygen atoms in total. The summed E-state index contributed by atoms with van der Waals surface area (Å²) in [7, 11) is 0. The highest BCUT2D eigenvalue weighted by Crippen LogP contribution is 2.26. The van der Waals surface area contributed by atoms with Crippen molar-refractivity contribution in [2.24, 2.45) is 0 Å². The lowest BCUT2D eigenvalue weighted by atomic mass is 9.98. The Balaban J connectivity index is 2.75. The van der Waals surface area contributed by atoms with E-state index in [0.717, 1.165) is 89.9 Å². The number of carbonyl (C=O) groups excluding carboxylic acids is 3. The fourth-order valence-electron chi connectivity index (χ4n) is 8.24. The number of aliphatic hydroxyl groups excluding tert-OH is 2. The van der Waals surface area contributed by atoms with Crippen molar-refractivity contribution in [2.45, 2.75) is 263 Å². The third-order valence-electron chi connectivity index (χ3n) is 12.7. The zero-order valence-corrected chi connectivity index (χ0v) is 46.8. The lowest BCUT2D eigenvalue weighted by molar-refractivity contribution is -0.301. The molecule has 1 fully saturated rings. The molecule has 0 aromatic rings. The summed E-state index contributed by atoms with van der Waals surface area (Å²) in [6.07, 6.45) is 53.9. The van der Waals surface area contributed by atoms with E-state index in [-0.39, 0.29) is 25.9 Å². The van der Waals surface area contributed by atoms with Gasteiger partial charge in [0.2, 0.25) is 0 Å². The van der Waals surface area contributed by atoms with Crippen molar-refractivity contribution in [1.82, 2.24) is 0 Å². The van der Waals surface area contributed by atoms with E-state index in [1.807, 2.05) is 6.08 Å². The lowest BCUT2D eigenvalue weighted by Gasteiger charge is -2.40. The van der Waals surface area contributed by atoms with Crippen LogP contribution in [0.4, 0.5) is 0 Å². The molecule has 3 N–H and O–H groups in total. The monoisotopic (exact) mass is 1050 g/mol. The molecule has 0 bridgehead atoms. The van der Waals surface area contributed by atoms with Crippen LogP contribution < -0.4 is 0 Å². The number of aliphatic hydroxyl groups is 2. The number of carbonyl (C=O) groups is 4. The summed E-state index contributed by atoms with van der Waals surface area (Å²) >= 11 is 0. The Kier molecular flexibility index (Phi) is 46.2. The van der Waals surface area contributed by atoms with Crippen LogP contribution in [-0.4, -0.2) is 89.2 Å². The van der Waals surface area contributed by atoms with Crippen molar-refractivity contribution in [3.8, 4) is 0 Å². The Bertz CT molecular complexity index is 1670. The van der Waals surface area contributed by atoms with Crippen molar-refractivity contribution in [1.29, 1.82) is 0 Å². The highest BCUT2D eigenvalue weighted by Gasteiger charge is 2.50. The largest absolute Gasteiger partial charge is 0.479 e. The molecule has 1 heterocycles. The molecule has 0 aromatic carbocycles. The van der Waals surface area contributed by atoms with Gasteiger partial charge in [-0.05, 0) is 89.9 Å². The fourth-order valence-corrected chi connectivity index (χ4v) is 8.24. The molecule has 0 radical (unpaired) electrons. The molecule has 1 aliphatic heterocycles. The highest BCUT2D eigenvalue weighted by molar-refractivity contribution is 5.74. The standard InChI is InChI=1S/C63H102O12/c1-4-7-10-13-16-19-22-25-27-28-30-32-34-37-40-43-46-49-55(64)71-52-54(73-56(65)50-47-44-41-38-36-33-29-26-23-20-17-14-11-8-5-2)53-72-63-61(59(68)58(67)60(75-63)62(69)70)74-57(66)51-48-45-42-39-35-31-24-21-18-15-12-9-6-3/h7,9-10,12,16,18-19,21,25,27,30-32,35,37,40,54,58-61,63,67-68H,4-6,8,11,13-15,17,20,22-24,26,28-29,33-34,36,38-39,41-53H2,1-3H3,(H,69,70)/b10-7-,12-9-,19-16-,21-18-,27-25-,32-30-,35-31-,40-37-. The average molecular weight is 1050 g/mol. The van der Waals surface area contributed by atoms with Gasteiger partial charge in [-0.1, -0.05) is 214 Å². The zero-order valence-electron chi connectivity index (χ0n) is 46.8. The van der Waals surface area contributed by atoms with E-state index < -0.39 is 67.3 Å². The fraction of sp³-hybridized carbons (Fsp3) is 0.683.